The van der Waals surface area contributed by atoms with Gasteiger partial charge in [0.15, 0.2) is 0 Å². The summed E-state index contributed by atoms with van der Waals surface area (Å²) in [7, 11) is 0. The van der Waals surface area contributed by atoms with Crippen LogP contribution in [0.1, 0.15) is 16.1 Å². The summed E-state index contributed by atoms with van der Waals surface area (Å²) >= 11 is 5.89. The molecule has 0 unspecified atom stereocenters. The Labute approximate surface area is 138 Å². The van der Waals surface area contributed by atoms with E-state index in [4.69, 9.17) is 11.6 Å². The first-order valence-electron chi connectivity index (χ1n) is 7.12. The summed E-state index contributed by atoms with van der Waals surface area (Å²) < 4.78 is 1.91. The molecule has 0 saturated carbocycles. The topological polar surface area (TPSA) is 47.2 Å². The van der Waals surface area contributed by atoms with Gasteiger partial charge in [-0.05, 0) is 29.8 Å². The fraction of sp³-hybridized carbons (Fsp3) is 0.0556. The summed E-state index contributed by atoms with van der Waals surface area (Å²) in [6, 6.07) is 18.7. The molecule has 0 N–H and O–H groups in total. The first-order chi connectivity index (χ1) is 11.2. The molecular weight excluding hydrogens is 310 g/mol. The highest BCUT2D eigenvalue weighted by Crippen LogP contribution is 2.08. The molecule has 0 bridgehead atoms. The Bertz CT molecular complexity index is 888. The zero-order chi connectivity index (χ0) is 16.1. The molecule has 1 amide bonds. The monoisotopic (exact) mass is 323 g/mol. The van der Waals surface area contributed by atoms with Crippen LogP contribution < -0.4 is 5.49 Å². The molecule has 1 aromatic carbocycles. The van der Waals surface area contributed by atoms with E-state index in [9.17, 15) is 4.79 Å². The Kier molecular flexibility index (Phi) is 4.64. The standard InChI is InChI=1S/C18H14ClN3O/c19-15-9-10-20-16(12-15)18(23)21-17-8-4-5-11-22(17)13-14-6-2-1-3-7-14/h1-12H,13H2. The maximum Gasteiger partial charge on any atom is 0.297 e. The normalized spacial score (nSPS) is 11.4. The molecule has 3 aromatic rings. The summed E-state index contributed by atoms with van der Waals surface area (Å²) in [4.78, 5) is 20.5. The van der Waals surface area contributed by atoms with Crippen molar-refractivity contribution < 1.29 is 4.79 Å². The lowest BCUT2D eigenvalue weighted by Crippen LogP contribution is -2.22. The van der Waals surface area contributed by atoms with Crippen LogP contribution in [-0.4, -0.2) is 15.5 Å². The Morgan fingerprint density at radius 3 is 2.65 bits per heavy atom. The van der Waals surface area contributed by atoms with Crippen molar-refractivity contribution >= 4 is 17.5 Å². The quantitative estimate of drug-likeness (QED) is 0.742. The van der Waals surface area contributed by atoms with E-state index in [1.165, 1.54) is 12.3 Å². The number of nitrogens with zero attached hydrogens (tertiary/aromatic N) is 3. The number of pyridine rings is 2. The first kappa shape index (κ1) is 15.2. The predicted octanol–water partition coefficient (Wildman–Crippen LogP) is 3.33. The van der Waals surface area contributed by atoms with Crippen LogP contribution in [0.25, 0.3) is 0 Å². The van der Waals surface area contributed by atoms with Crippen LogP contribution in [0.15, 0.2) is 78.0 Å². The van der Waals surface area contributed by atoms with E-state index < -0.39 is 5.91 Å². The molecular formula is C18H14ClN3O. The molecule has 3 rings (SSSR count). The largest absolute Gasteiger partial charge is 0.328 e. The van der Waals surface area contributed by atoms with Crippen LogP contribution in [0.3, 0.4) is 0 Å². The molecule has 2 heterocycles. The van der Waals surface area contributed by atoms with Crippen molar-refractivity contribution in [2.45, 2.75) is 6.54 Å². The average Bonchev–Trinajstić information content (AvgIpc) is 2.57. The lowest BCUT2D eigenvalue weighted by molar-refractivity contribution is 0.0992. The summed E-state index contributed by atoms with van der Waals surface area (Å²) in [5.41, 5.74) is 1.93. The van der Waals surface area contributed by atoms with Crippen LogP contribution in [0.4, 0.5) is 0 Å². The first-order valence-corrected chi connectivity index (χ1v) is 7.50. The van der Waals surface area contributed by atoms with E-state index in [1.807, 2.05) is 53.2 Å². The van der Waals surface area contributed by atoms with Gasteiger partial charge in [-0.1, -0.05) is 48.0 Å². The SMILES string of the molecule is O=C(N=c1ccccn1Cc1ccccc1)c1cc(Cl)ccn1. The number of amides is 1. The lowest BCUT2D eigenvalue weighted by Gasteiger charge is -2.07. The Morgan fingerprint density at radius 2 is 1.87 bits per heavy atom. The highest BCUT2D eigenvalue weighted by Gasteiger charge is 2.06. The van der Waals surface area contributed by atoms with Gasteiger partial charge in [0.2, 0.25) is 0 Å². The van der Waals surface area contributed by atoms with Gasteiger partial charge in [0.05, 0.1) is 0 Å². The molecule has 0 atom stereocenters. The maximum atomic E-state index is 12.3. The van der Waals surface area contributed by atoms with Gasteiger partial charge in [0, 0.05) is 24.0 Å². The number of carbonyl (C=O) groups excluding carboxylic acids is 1. The van der Waals surface area contributed by atoms with Gasteiger partial charge in [-0.15, -0.1) is 0 Å². The molecule has 0 aliphatic heterocycles. The molecule has 5 heteroatoms. The number of halogens is 1. The van der Waals surface area contributed by atoms with Crippen LogP contribution >= 0.6 is 11.6 Å². The molecule has 0 radical (unpaired) electrons. The van der Waals surface area contributed by atoms with Gasteiger partial charge in [-0.25, -0.2) is 0 Å². The van der Waals surface area contributed by atoms with Crippen LogP contribution in [0, 0.1) is 0 Å². The van der Waals surface area contributed by atoms with E-state index in [-0.39, 0.29) is 5.69 Å². The van der Waals surface area contributed by atoms with Gasteiger partial charge in [0.1, 0.15) is 11.2 Å². The Morgan fingerprint density at radius 1 is 1.09 bits per heavy atom. The second-order valence-corrected chi connectivity index (χ2v) is 5.39. The molecule has 0 saturated heterocycles. The molecule has 0 spiro atoms. The molecule has 2 aromatic heterocycles. The third-order valence-corrected chi connectivity index (χ3v) is 3.50. The molecule has 0 fully saturated rings. The summed E-state index contributed by atoms with van der Waals surface area (Å²) in [5, 5.41) is 0.462. The lowest BCUT2D eigenvalue weighted by atomic mass is 10.2. The van der Waals surface area contributed by atoms with Crippen molar-refractivity contribution in [3.63, 3.8) is 0 Å². The number of hydrogen-bond acceptors (Lipinski definition) is 2. The number of aromatic nitrogens is 2. The fourth-order valence-corrected chi connectivity index (χ4v) is 2.33. The summed E-state index contributed by atoms with van der Waals surface area (Å²) in [6.45, 7) is 0.636. The van der Waals surface area contributed by atoms with Crippen molar-refractivity contribution in [3.05, 3.63) is 94.8 Å². The molecule has 0 aliphatic rings. The van der Waals surface area contributed by atoms with Crippen molar-refractivity contribution in [2.24, 2.45) is 4.99 Å². The van der Waals surface area contributed by atoms with Gasteiger partial charge in [-0.3, -0.25) is 9.78 Å². The van der Waals surface area contributed by atoms with Gasteiger partial charge in [0.25, 0.3) is 5.91 Å². The zero-order valence-electron chi connectivity index (χ0n) is 12.3. The van der Waals surface area contributed by atoms with Crippen molar-refractivity contribution in [1.29, 1.82) is 0 Å². The highest BCUT2D eigenvalue weighted by molar-refractivity contribution is 6.30. The molecule has 0 aliphatic carbocycles. The zero-order valence-corrected chi connectivity index (χ0v) is 13.0. The highest BCUT2D eigenvalue weighted by atomic mass is 35.5. The van der Waals surface area contributed by atoms with Gasteiger partial charge in [-0.2, -0.15) is 4.99 Å². The number of hydrogen-bond donors (Lipinski definition) is 0. The van der Waals surface area contributed by atoms with E-state index in [1.54, 1.807) is 12.1 Å². The van der Waals surface area contributed by atoms with Gasteiger partial charge < -0.3 is 4.57 Å². The van der Waals surface area contributed by atoms with Crippen LogP contribution in [0.5, 0.6) is 0 Å². The summed E-state index contributed by atoms with van der Waals surface area (Å²) in [5.74, 6) is -0.416. The van der Waals surface area contributed by atoms with Crippen molar-refractivity contribution in [1.82, 2.24) is 9.55 Å². The third kappa shape index (κ3) is 3.93. The van der Waals surface area contributed by atoms with Gasteiger partial charge >= 0.3 is 0 Å². The van der Waals surface area contributed by atoms with Crippen molar-refractivity contribution in [3.8, 4) is 0 Å². The van der Waals surface area contributed by atoms with Crippen LogP contribution in [0.2, 0.25) is 5.02 Å². The molecule has 114 valence electrons. The molecule has 4 nitrogen and oxygen atoms in total. The smallest absolute Gasteiger partial charge is 0.297 e. The Balaban J connectivity index is 1.95. The second kappa shape index (κ2) is 7.03. The van der Waals surface area contributed by atoms with Crippen LogP contribution in [-0.2, 0) is 6.54 Å². The van der Waals surface area contributed by atoms with E-state index in [2.05, 4.69) is 9.98 Å². The third-order valence-electron chi connectivity index (χ3n) is 3.27. The minimum Gasteiger partial charge on any atom is -0.328 e. The number of benzene rings is 1. The number of rotatable bonds is 3. The maximum absolute atomic E-state index is 12.3. The Hall–Kier alpha value is -2.72. The average molecular weight is 324 g/mol. The fourth-order valence-electron chi connectivity index (χ4n) is 2.17. The minimum atomic E-state index is -0.416. The predicted molar refractivity (Wildman–Crippen MR) is 89.1 cm³/mol. The summed E-state index contributed by atoms with van der Waals surface area (Å²) in [6.07, 6.45) is 3.39. The minimum absolute atomic E-state index is 0.229. The van der Waals surface area contributed by atoms with E-state index in [0.717, 1.165) is 5.56 Å². The van der Waals surface area contributed by atoms with Crippen molar-refractivity contribution in [2.75, 3.05) is 0 Å². The number of carbonyl (C=O) groups is 1. The second-order valence-electron chi connectivity index (χ2n) is 4.95. The molecule has 23 heavy (non-hydrogen) atoms. The van der Waals surface area contributed by atoms with E-state index >= 15 is 0 Å². The van der Waals surface area contributed by atoms with E-state index in [0.29, 0.717) is 17.1 Å².